The molecule has 0 radical (unpaired) electrons. The molecule has 2 atom stereocenters. The molecule has 0 unspecified atom stereocenters. The number of nitrogens with zero attached hydrogens (tertiary/aromatic N) is 8. The third-order valence-electron chi connectivity index (χ3n) is 7.30. The number of nitrogens with two attached hydrogens (primary N) is 1. The van der Waals surface area contributed by atoms with Crippen LogP contribution in [0.2, 0.25) is 0 Å². The number of hydrogen-bond acceptors (Lipinski definition) is 10. The molecule has 41 heavy (non-hydrogen) atoms. The van der Waals surface area contributed by atoms with E-state index in [4.69, 9.17) is 10.3 Å². The maximum Gasteiger partial charge on any atom is 0.255 e. The molecule has 1 aliphatic rings. The van der Waals surface area contributed by atoms with Gasteiger partial charge < -0.3 is 20.1 Å². The molecule has 2 N–H and O–H groups in total. The number of rotatable bonds is 6. The number of hydrogen-bond donors (Lipinski definition) is 1. The molecule has 5 aromatic rings. The van der Waals surface area contributed by atoms with Crippen molar-refractivity contribution in [2.45, 2.75) is 19.0 Å². The topological polar surface area (TPSA) is 132 Å². The second-order valence-corrected chi connectivity index (χ2v) is 9.95. The first-order chi connectivity index (χ1) is 19.9. The van der Waals surface area contributed by atoms with Gasteiger partial charge >= 0.3 is 0 Å². The molecule has 11 nitrogen and oxygen atoms in total. The van der Waals surface area contributed by atoms with E-state index in [1.54, 1.807) is 7.05 Å². The lowest BCUT2D eigenvalue weighted by atomic mass is 10.1. The Kier molecular flexibility index (Phi) is 6.98. The molecule has 0 spiro atoms. The van der Waals surface area contributed by atoms with Crippen molar-refractivity contribution in [1.29, 1.82) is 0 Å². The van der Waals surface area contributed by atoms with Gasteiger partial charge in [-0.3, -0.25) is 9.36 Å². The van der Waals surface area contributed by atoms with Gasteiger partial charge in [0.2, 0.25) is 23.6 Å². The maximum absolute atomic E-state index is 14.3. The predicted octanol–water partition coefficient (Wildman–Crippen LogP) is 3.19. The Morgan fingerprint density at radius 1 is 1.05 bits per heavy atom. The second-order valence-electron chi connectivity index (χ2n) is 9.95. The first kappa shape index (κ1) is 26.3. The molecule has 1 fully saturated rings. The van der Waals surface area contributed by atoms with Crippen LogP contribution in [0.1, 0.15) is 24.4 Å². The van der Waals surface area contributed by atoms with Gasteiger partial charge in [0, 0.05) is 50.0 Å². The first-order valence-electron chi connectivity index (χ1n) is 13.2. The average molecular weight is 554 g/mol. The van der Waals surface area contributed by atoms with Gasteiger partial charge in [0.05, 0.1) is 17.5 Å². The minimum absolute atomic E-state index is 0.0245. The first-order valence-corrected chi connectivity index (χ1v) is 13.2. The summed E-state index contributed by atoms with van der Waals surface area (Å²) in [7, 11) is 1.67. The zero-order valence-corrected chi connectivity index (χ0v) is 22.6. The van der Waals surface area contributed by atoms with Gasteiger partial charge in [0.15, 0.2) is 0 Å². The fourth-order valence-electron chi connectivity index (χ4n) is 5.02. The predicted molar refractivity (Wildman–Crippen MR) is 152 cm³/mol. The highest BCUT2D eigenvalue weighted by Crippen LogP contribution is 2.27. The van der Waals surface area contributed by atoms with Crippen molar-refractivity contribution in [1.82, 2.24) is 29.9 Å². The van der Waals surface area contributed by atoms with E-state index >= 15 is 0 Å². The summed E-state index contributed by atoms with van der Waals surface area (Å²) in [5.41, 5.74) is 9.17. The molecule has 4 heterocycles. The molecule has 12 heteroatoms. The van der Waals surface area contributed by atoms with Crippen LogP contribution in [0.4, 0.5) is 16.0 Å². The van der Waals surface area contributed by atoms with Crippen LogP contribution in [-0.2, 0) is 7.05 Å². The van der Waals surface area contributed by atoms with Crippen molar-refractivity contribution in [2.75, 3.05) is 29.4 Å². The summed E-state index contributed by atoms with van der Waals surface area (Å²) in [6.45, 7) is 4.09. The van der Waals surface area contributed by atoms with Crippen LogP contribution in [0.5, 0.6) is 0 Å². The molecule has 2 aromatic carbocycles. The smallest absolute Gasteiger partial charge is 0.255 e. The van der Waals surface area contributed by atoms with E-state index < -0.39 is 12.0 Å². The van der Waals surface area contributed by atoms with Crippen molar-refractivity contribution in [2.24, 2.45) is 12.8 Å². The number of halogens is 1. The Balaban J connectivity index is 1.17. The van der Waals surface area contributed by atoms with Gasteiger partial charge in [-0.05, 0) is 42.8 Å². The highest BCUT2D eigenvalue weighted by molar-refractivity contribution is 5.62. The maximum atomic E-state index is 14.3. The van der Waals surface area contributed by atoms with E-state index in [9.17, 15) is 9.18 Å². The van der Waals surface area contributed by atoms with E-state index in [0.29, 0.717) is 37.3 Å². The zero-order chi connectivity index (χ0) is 28.5. The Labute approximate surface area is 235 Å². The van der Waals surface area contributed by atoms with E-state index in [1.165, 1.54) is 22.9 Å². The van der Waals surface area contributed by atoms with Gasteiger partial charge in [-0.1, -0.05) is 35.5 Å². The molecule has 1 aliphatic heterocycles. The van der Waals surface area contributed by atoms with E-state index in [1.807, 2.05) is 54.6 Å². The van der Waals surface area contributed by atoms with Gasteiger partial charge in [-0.15, -0.1) is 5.10 Å². The standard InChI is InChI=1S/C29H28FN9O2/c1-18-17-38(14-15-39(18)29-33-23(16-24(40)37(29)2)22-12-13-32-35-26(22)30)21-10-8-20(9-11-21)27-34-28(41-36-27)25(31)19-6-4-3-5-7-19/h3-13,16,18,25H,14-15,17,31H2,1-2H3/t18-,25-/m1/s1. The SMILES string of the molecule is C[C@@H]1CN(c2ccc(-c3noc([C@H](N)c4ccccc4)n3)cc2)CCN1c1nc(-c2ccnnc2F)cc(=O)n1C. The van der Waals surface area contributed by atoms with Crippen LogP contribution in [0, 0.1) is 5.95 Å². The molecule has 1 saturated heterocycles. The quantitative estimate of drug-likeness (QED) is 0.334. The Morgan fingerprint density at radius 2 is 1.83 bits per heavy atom. The monoisotopic (exact) mass is 553 g/mol. The Bertz CT molecular complexity index is 1720. The van der Waals surface area contributed by atoms with Crippen molar-refractivity contribution in [3.05, 3.63) is 101 Å². The van der Waals surface area contributed by atoms with E-state index in [-0.39, 0.29) is 22.9 Å². The van der Waals surface area contributed by atoms with Crippen LogP contribution >= 0.6 is 0 Å². The molecule has 208 valence electrons. The molecule has 3 aromatic heterocycles. The van der Waals surface area contributed by atoms with E-state index in [0.717, 1.165) is 16.8 Å². The Hall–Kier alpha value is -4.97. The lowest BCUT2D eigenvalue weighted by Gasteiger charge is -2.42. The minimum Gasteiger partial charge on any atom is -0.368 e. The van der Waals surface area contributed by atoms with Crippen molar-refractivity contribution >= 4 is 11.6 Å². The van der Waals surface area contributed by atoms with Crippen LogP contribution in [0.25, 0.3) is 22.6 Å². The lowest BCUT2D eigenvalue weighted by Crippen LogP contribution is -2.53. The number of benzene rings is 2. The molecular formula is C29H28FN9O2. The summed E-state index contributed by atoms with van der Waals surface area (Å²) < 4.78 is 21.2. The average Bonchev–Trinajstić information content (AvgIpc) is 3.50. The third-order valence-corrected chi connectivity index (χ3v) is 7.30. The number of piperazine rings is 1. The van der Waals surface area contributed by atoms with Crippen LogP contribution < -0.4 is 21.1 Å². The summed E-state index contributed by atoms with van der Waals surface area (Å²) in [5.74, 6) is 0.545. The highest BCUT2D eigenvalue weighted by Gasteiger charge is 2.28. The van der Waals surface area contributed by atoms with Gasteiger partial charge in [-0.25, -0.2) is 4.98 Å². The Morgan fingerprint density at radius 3 is 2.56 bits per heavy atom. The van der Waals surface area contributed by atoms with Crippen LogP contribution in [0.3, 0.4) is 0 Å². The molecule has 0 bridgehead atoms. The van der Waals surface area contributed by atoms with Gasteiger partial charge in [0.25, 0.3) is 5.56 Å². The summed E-state index contributed by atoms with van der Waals surface area (Å²) >= 11 is 0. The molecule has 0 aliphatic carbocycles. The molecule has 6 rings (SSSR count). The minimum atomic E-state index is -0.767. The zero-order valence-electron chi connectivity index (χ0n) is 22.6. The van der Waals surface area contributed by atoms with Gasteiger partial charge in [-0.2, -0.15) is 14.5 Å². The summed E-state index contributed by atoms with van der Waals surface area (Å²) in [6.07, 6.45) is 1.38. The van der Waals surface area contributed by atoms with E-state index in [2.05, 4.69) is 42.0 Å². The summed E-state index contributed by atoms with van der Waals surface area (Å²) in [4.78, 5) is 26.2. The molecular weight excluding hydrogens is 525 g/mol. The molecule has 0 amide bonds. The van der Waals surface area contributed by atoms with Crippen LogP contribution in [-0.4, -0.2) is 55.6 Å². The largest absolute Gasteiger partial charge is 0.368 e. The number of anilines is 2. The second kappa shape index (κ2) is 10.9. The normalized spacial score (nSPS) is 16.1. The third kappa shape index (κ3) is 5.16. The van der Waals surface area contributed by atoms with Crippen molar-refractivity contribution < 1.29 is 8.91 Å². The fraction of sp³-hybridized carbons (Fsp3) is 0.241. The van der Waals surface area contributed by atoms with Crippen LogP contribution in [0.15, 0.2) is 82.2 Å². The highest BCUT2D eigenvalue weighted by atomic mass is 19.1. The van der Waals surface area contributed by atoms with Gasteiger partial charge in [0.1, 0.15) is 6.04 Å². The fourth-order valence-corrected chi connectivity index (χ4v) is 5.02. The van der Waals surface area contributed by atoms with Crippen molar-refractivity contribution in [3.63, 3.8) is 0 Å². The summed E-state index contributed by atoms with van der Waals surface area (Å²) in [5, 5.41) is 11.1. The van der Waals surface area contributed by atoms with Crippen molar-refractivity contribution in [3.8, 4) is 22.6 Å². The summed E-state index contributed by atoms with van der Waals surface area (Å²) in [6, 6.07) is 19.9. The number of aromatic nitrogens is 6. The lowest BCUT2D eigenvalue weighted by molar-refractivity contribution is 0.367. The molecule has 0 saturated carbocycles.